The monoisotopic (exact) mass is 199 g/mol. The van der Waals surface area contributed by atoms with Crippen LogP contribution in [0.15, 0.2) is 42.5 Å². The predicted molar refractivity (Wildman–Crippen MR) is 65.7 cm³/mol. The number of hydrogen-bond donors (Lipinski definition) is 1. The third-order valence-corrected chi connectivity index (χ3v) is 2.90. The van der Waals surface area contributed by atoms with Gasteiger partial charge in [0.1, 0.15) is 0 Å². The van der Waals surface area contributed by atoms with Gasteiger partial charge in [0.15, 0.2) is 0 Å². The van der Waals surface area contributed by atoms with Gasteiger partial charge in [0, 0.05) is 6.04 Å². The highest BCUT2D eigenvalue weighted by molar-refractivity contribution is 5.86. The molecule has 0 unspecified atom stereocenters. The van der Waals surface area contributed by atoms with Crippen molar-refractivity contribution in [1.29, 1.82) is 0 Å². The van der Waals surface area contributed by atoms with Crippen molar-refractivity contribution in [3.05, 3.63) is 48.0 Å². The molecule has 0 saturated carbocycles. The molecule has 2 N–H and O–H groups in total. The predicted octanol–water partition coefficient (Wildman–Crippen LogP) is 3.50. The van der Waals surface area contributed by atoms with Crippen LogP contribution in [0.1, 0.15) is 25.5 Å². The highest BCUT2D eigenvalue weighted by Gasteiger charge is 2.12. The Labute approximate surface area is 90.9 Å². The van der Waals surface area contributed by atoms with Crippen molar-refractivity contribution in [2.45, 2.75) is 19.9 Å². The second-order valence-corrected chi connectivity index (χ2v) is 4.34. The van der Waals surface area contributed by atoms with Gasteiger partial charge in [-0.3, -0.25) is 0 Å². The Morgan fingerprint density at radius 2 is 1.60 bits per heavy atom. The van der Waals surface area contributed by atoms with Crippen molar-refractivity contribution in [1.82, 2.24) is 0 Å². The lowest BCUT2D eigenvalue weighted by Crippen LogP contribution is -2.16. The van der Waals surface area contributed by atoms with Gasteiger partial charge in [-0.1, -0.05) is 56.3 Å². The minimum atomic E-state index is 0.121. The first kappa shape index (κ1) is 10.2. The second-order valence-electron chi connectivity index (χ2n) is 4.34. The zero-order valence-electron chi connectivity index (χ0n) is 9.27. The van der Waals surface area contributed by atoms with E-state index in [0.717, 1.165) is 0 Å². The number of benzene rings is 2. The minimum absolute atomic E-state index is 0.121. The van der Waals surface area contributed by atoms with Gasteiger partial charge in [-0.2, -0.15) is 0 Å². The van der Waals surface area contributed by atoms with E-state index in [9.17, 15) is 0 Å². The Kier molecular flexibility index (Phi) is 2.74. The molecule has 15 heavy (non-hydrogen) atoms. The molecule has 0 aliphatic rings. The first-order chi connectivity index (χ1) is 7.20. The second kappa shape index (κ2) is 4.03. The van der Waals surface area contributed by atoms with Gasteiger partial charge in [-0.25, -0.2) is 0 Å². The van der Waals surface area contributed by atoms with Crippen LogP contribution in [0.2, 0.25) is 0 Å². The average Bonchev–Trinajstić information content (AvgIpc) is 2.27. The molecule has 0 aromatic heterocycles. The van der Waals surface area contributed by atoms with Crippen LogP contribution >= 0.6 is 0 Å². The first-order valence-corrected chi connectivity index (χ1v) is 5.43. The molecule has 0 saturated heterocycles. The van der Waals surface area contributed by atoms with Gasteiger partial charge >= 0.3 is 0 Å². The SMILES string of the molecule is CC(C)[C@@H](N)c1cccc2ccccc12. The van der Waals surface area contributed by atoms with E-state index < -0.39 is 0 Å². The van der Waals surface area contributed by atoms with E-state index in [1.54, 1.807) is 0 Å². The standard InChI is InChI=1S/C14H17N/c1-10(2)14(15)13-9-5-7-11-6-3-4-8-12(11)13/h3-10,14H,15H2,1-2H3/t14-/m1/s1. The summed E-state index contributed by atoms with van der Waals surface area (Å²) >= 11 is 0. The molecule has 0 heterocycles. The number of hydrogen-bond acceptors (Lipinski definition) is 1. The topological polar surface area (TPSA) is 26.0 Å². The molecule has 0 aliphatic heterocycles. The summed E-state index contributed by atoms with van der Waals surface area (Å²) < 4.78 is 0. The lowest BCUT2D eigenvalue weighted by molar-refractivity contribution is 0.517. The Morgan fingerprint density at radius 1 is 0.933 bits per heavy atom. The summed E-state index contributed by atoms with van der Waals surface area (Å²) in [5.41, 5.74) is 7.46. The summed E-state index contributed by atoms with van der Waals surface area (Å²) in [5, 5.41) is 2.55. The van der Waals surface area contributed by atoms with Crippen molar-refractivity contribution < 1.29 is 0 Å². The number of nitrogens with two attached hydrogens (primary N) is 1. The van der Waals surface area contributed by atoms with Gasteiger partial charge in [0.05, 0.1) is 0 Å². The fourth-order valence-corrected chi connectivity index (χ4v) is 1.90. The molecule has 1 atom stereocenters. The fourth-order valence-electron chi connectivity index (χ4n) is 1.90. The molecular formula is C14H17N. The highest BCUT2D eigenvalue weighted by atomic mass is 14.6. The maximum absolute atomic E-state index is 6.20. The molecule has 1 nitrogen and oxygen atoms in total. The van der Waals surface area contributed by atoms with Crippen molar-refractivity contribution in [3.63, 3.8) is 0 Å². The minimum Gasteiger partial charge on any atom is -0.324 e. The van der Waals surface area contributed by atoms with Gasteiger partial charge < -0.3 is 5.73 Å². The van der Waals surface area contributed by atoms with Crippen molar-refractivity contribution >= 4 is 10.8 Å². The highest BCUT2D eigenvalue weighted by Crippen LogP contribution is 2.26. The smallest absolute Gasteiger partial charge is 0.0324 e. The molecule has 2 rings (SSSR count). The number of rotatable bonds is 2. The van der Waals surface area contributed by atoms with Crippen LogP contribution in [0.5, 0.6) is 0 Å². The summed E-state index contributed by atoms with van der Waals surface area (Å²) in [6, 6.07) is 14.9. The summed E-state index contributed by atoms with van der Waals surface area (Å²) in [6.07, 6.45) is 0. The summed E-state index contributed by atoms with van der Waals surface area (Å²) in [6.45, 7) is 4.32. The van der Waals surface area contributed by atoms with Crippen LogP contribution in [0, 0.1) is 5.92 Å². The Balaban J connectivity index is 2.60. The molecule has 0 bridgehead atoms. The molecule has 2 aromatic carbocycles. The molecule has 0 amide bonds. The van der Waals surface area contributed by atoms with Gasteiger partial charge in [-0.05, 0) is 22.3 Å². The van der Waals surface area contributed by atoms with Gasteiger partial charge in [-0.15, -0.1) is 0 Å². The zero-order chi connectivity index (χ0) is 10.8. The third kappa shape index (κ3) is 1.88. The molecule has 0 radical (unpaired) electrons. The molecule has 0 spiro atoms. The van der Waals surface area contributed by atoms with Crippen LogP contribution < -0.4 is 5.73 Å². The van der Waals surface area contributed by atoms with Crippen LogP contribution in [-0.2, 0) is 0 Å². The average molecular weight is 199 g/mol. The maximum atomic E-state index is 6.20. The lowest BCUT2D eigenvalue weighted by atomic mass is 9.92. The molecule has 2 aromatic rings. The van der Waals surface area contributed by atoms with E-state index in [2.05, 4.69) is 56.3 Å². The molecular weight excluding hydrogens is 182 g/mol. The van der Waals surface area contributed by atoms with E-state index in [1.807, 2.05) is 0 Å². The maximum Gasteiger partial charge on any atom is 0.0324 e. The molecule has 0 aliphatic carbocycles. The Bertz CT molecular complexity index is 454. The van der Waals surface area contributed by atoms with E-state index >= 15 is 0 Å². The van der Waals surface area contributed by atoms with E-state index in [-0.39, 0.29) is 6.04 Å². The summed E-state index contributed by atoms with van der Waals surface area (Å²) in [5.74, 6) is 0.468. The number of fused-ring (bicyclic) bond motifs is 1. The Hall–Kier alpha value is -1.34. The van der Waals surface area contributed by atoms with Crippen molar-refractivity contribution in [3.8, 4) is 0 Å². The molecule has 0 fully saturated rings. The van der Waals surface area contributed by atoms with E-state index in [4.69, 9.17) is 5.73 Å². The Morgan fingerprint density at radius 3 is 2.33 bits per heavy atom. The molecule has 78 valence electrons. The molecule has 1 heteroatoms. The van der Waals surface area contributed by atoms with E-state index in [0.29, 0.717) is 5.92 Å². The van der Waals surface area contributed by atoms with Gasteiger partial charge in [0.2, 0.25) is 0 Å². The van der Waals surface area contributed by atoms with Crippen molar-refractivity contribution in [2.75, 3.05) is 0 Å². The van der Waals surface area contributed by atoms with E-state index in [1.165, 1.54) is 16.3 Å². The van der Waals surface area contributed by atoms with Gasteiger partial charge in [0.25, 0.3) is 0 Å². The first-order valence-electron chi connectivity index (χ1n) is 5.43. The normalized spacial score (nSPS) is 13.3. The van der Waals surface area contributed by atoms with Crippen LogP contribution in [-0.4, -0.2) is 0 Å². The third-order valence-electron chi connectivity index (χ3n) is 2.90. The zero-order valence-corrected chi connectivity index (χ0v) is 9.27. The van der Waals surface area contributed by atoms with Crippen LogP contribution in [0.4, 0.5) is 0 Å². The largest absolute Gasteiger partial charge is 0.324 e. The lowest BCUT2D eigenvalue weighted by Gasteiger charge is -2.18. The van der Waals surface area contributed by atoms with Crippen molar-refractivity contribution in [2.24, 2.45) is 11.7 Å². The van der Waals surface area contributed by atoms with Crippen LogP contribution in [0.3, 0.4) is 0 Å². The summed E-state index contributed by atoms with van der Waals surface area (Å²) in [4.78, 5) is 0. The fraction of sp³-hybridized carbons (Fsp3) is 0.286. The summed E-state index contributed by atoms with van der Waals surface area (Å²) in [7, 11) is 0. The van der Waals surface area contributed by atoms with Crippen LogP contribution in [0.25, 0.3) is 10.8 Å². The quantitative estimate of drug-likeness (QED) is 0.787.